The monoisotopic (exact) mass is 234 g/mol. The Hall–Kier alpha value is -1.62. The fourth-order valence-electron chi connectivity index (χ4n) is 2.40. The van der Waals surface area contributed by atoms with E-state index in [1.54, 1.807) is 6.20 Å². The van der Waals surface area contributed by atoms with Gasteiger partial charge in [-0.1, -0.05) is 0 Å². The second kappa shape index (κ2) is 4.71. The largest absolute Gasteiger partial charge is 0.394 e. The van der Waals surface area contributed by atoms with E-state index in [1.807, 2.05) is 13.0 Å². The van der Waals surface area contributed by atoms with Crippen LogP contribution in [0.3, 0.4) is 0 Å². The van der Waals surface area contributed by atoms with Crippen molar-refractivity contribution >= 4 is 11.7 Å². The number of anilines is 1. The molecule has 1 atom stereocenters. The van der Waals surface area contributed by atoms with E-state index in [4.69, 9.17) is 11.1 Å². The van der Waals surface area contributed by atoms with E-state index < -0.39 is 0 Å². The average Bonchev–Trinajstić information content (AvgIpc) is 2.75. The molecule has 17 heavy (non-hydrogen) atoms. The van der Waals surface area contributed by atoms with Crippen LogP contribution in [0, 0.1) is 12.3 Å². The van der Waals surface area contributed by atoms with Gasteiger partial charge in [-0.3, -0.25) is 5.41 Å². The lowest BCUT2D eigenvalue weighted by Crippen LogP contribution is -2.34. The zero-order valence-corrected chi connectivity index (χ0v) is 9.98. The summed E-state index contributed by atoms with van der Waals surface area (Å²) in [5.41, 5.74) is 7.26. The first-order chi connectivity index (χ1) is 8.15. The molecule has 1 aromatic heterocycles. The Kier molecular flexibility index (Phi) is 3.28. The Morgan fingerprint density at radius 2 is 2.47 bits per heavy atom. The Bertz CT molecular complexity index is 433. The zero-order chi connectivity index (χ0) is 12.4. The van der Waals surface area contributed by atoms with Crippen molar-refractivity contribution in [2.45, 2.75) is 25.8 Å². The van der Waals surface area contributed by atoms with Gasteiger partial charge in [0.1, 0.15) is 11.7 Å². The van der Waals surface area contributed by atoms with Gasteiger partial charge < -0.3 is 15.7 Å². The lowest BCUT2D eigenvalue weighted by Gasteiger charge is -2.26. The van der Waals surface area contributed by atoms with E-state index >= 15 is 0 Å². The molecular formula is C12H18N4O. The van der Waals surface area contributed by atoms with Crippen LogP contribution < -0.4 is 10.6 Å². The van der Waals surface area contributed by atoms with E-state index in [-0.39, 0.29) is 18.5 Å². The number of nitrogens with one attached hydrogen (secondary N) is 1. The van der Waals surface area contributed by atoms with Crippen molar-refractivity contribution in [3.8, 4) is 0 Å². The Morgan fingerprint density at radius 1 is 1.71 bits per heavy atom. The van der Waals surface area contributed by atoms with E-state index in [1.165, 1.54) is 0 Å². The minimum atomic E-state index is 0.0363. The number of aromatic nitrogens is 1. The minimum Gasteiger partial charge on any atom is -0.394 e. The van der Waals surface area contributed by atoms with Crippen molar-refractivity contribution < 1.29 is 5.11 Å². The molecule has 0 spiro atoms. The predicted octanol–water partition coefficient (Wildman–Crippen LogP) is 0.635. The van der Waals surface area contributed by atoms with Crippen LogP contribution in [0.1, 0.15) is 24.0 Å². The molecule has 1 aliphatic rings. The highest BCUT2D eigenvalue weighted by Gasteiger charge is 2.27. The smallest absolute Gasteiger partial charge is 0.140 e. The Balaban J connectivity index is 2.44. The number of aliphatic hydroxyl groups is 1. The summed E-state index contributed by atoms with van der Waals surface area (Å²) in [4.78, 5) is 6.39. The summed E-state index contributed by atoms with van der Waals surface area (Å²) >= 11 is 0. The Morgan fingerprint density at radius 3 is 3.12 bits per heavy atom. The number of hydrogen-bond acceptors (Lipinski definition) is 4. The quantitative estimate of drug-likeness (QED) is 0.529. The first kappa shape index (κ1) is 11.9. The first-order valence-electron chi connectivity index (χ1n) is 5.82. The molecule has 2 rings (SSSR count). The number of pyridine rings is 1. The molecule has 0 aromatic carbocycles. The van der Waals surface area contributed by atoms with Crippen molar-refractivity contribution in [2.24, 2.45) is 5.73 Å². The lowest BCUT2D eigenvalue weighted by atomic mass is 10.1. The van der Waals surface area contributed by atoms with Crippen LogP contribution in [0.4, 0.5) is 5.82 Å². The van der Waals surface area contributed by atoms with Crippen molar-refractivity contribution in [1.82, 2.24) is 4.98 Å². The second-order valence-electron chi connectivity index (χ2n) is 4.41. The van der Waals surface area contributed by atoms with Crippen LogP contribution in [0.25, 0.3) is 0 Å². The number of aliphatic hydroxyl groups excluding tert-OH is 1. The van der Waals surface area contributed by atoms with Crippen LogP contribution in [0.15, 0.2) is 12.3 Å². The third-order valence-electron chi connectivity index (χ3n) is 3.27. The molecule has 2 heterocycles. The number of nitrogens with two attached hydrogens (primary N) is 1. The first-order valence-corrected chi connectivity index (χ1v) is 5.82. The van der Waals surface area contributed by atoms with E-state index in [9.17, 15) is 5.11 Å². The number of hydrogen-bond donors (Lipinski definition) is 3. The summed E-state index contributed by atoms with van der Waals surface area (Å²) in [5.74, 6) is 0.767. The fraction of sp³-hybridized carbons (Fsp3) is 0.500. The minimum absolute atomic E-state index is 0.0363. The summed E-state index contributed by atoms with van der Waals surface area (Å²) < 4.78 is 0. The zero-order valence-electron chi connectivity index (χ0n) is 9.98. The van der Waals surface area contributed by atoms with Crippen LogP contribution in [-0.2, 0) is 0 Å². The van der Waals surface area contributed by atoms with Gasteiger partial charge >= 0.3 is 0 Å². The van der Waals surface area contributed by atoms with Gasteiger partial charge in [-0.05, 0) is 31.4 Å². The van der Waals surface area contributed by atoms with Crippen LogP contribution in [0.2, 0.25) is 0 Å². The molecule has 1 aromatic rings. The standard InChI is InChI=1S/C12H18N4O/c1-8-4-5-15-12(10(8)11(13)14)16-6-2-3-9(16)7-17/h4-5,9,17H,2-3,6-7H2,1H3,(H3,13,14). The average molecular weight is 234 g/mol. The van der Waals surface area contributed by atoms with Crippen LogP contribution >= 0.6 is 0 Å². The van der Waals surface area contributed by atoms with Gasteiger partial charge in [-0.15, -0.1) is 0 Å². The predicted molar refractivity (Wildman–Crippen MR) is 67.4 cm³/mol. The number of nitrogens with zero attached hydrogens (tertiary/aromatic N) is 2. The van der Waals surface area contributed by atoms with Crippen molar-refractivity contribution in [1.29, 1.82) is 5.41 Å². The molecule has 0 amide bonds. The van der Waals surface area contributed by atoms with Gasteiger partial charge in [0.2, 0.25) is 0 Å². The number of rotatable bonds is 3. The maximum Gasteiger partial charge on any atom is 0.140 e. The summed E-state index contributed by atoms with van der Waals surface area (Å²) in [6.45, 7) is 2.90. The topological polar surface area (TPSA) is 86.2 Å². The maximum absolute atomic E-state index is 9.34. The van der Waals surface area contributed by atoms with Gasteiger partial charge in [0.15, 0.2) is 0 Å². The molecule has 5 nitrogen and oxygen atoms in total. The lowest BCUT2D eigenvalue weighted by molar-refractivity contribution is 0.266. The molecule has 1 unspecified atom stereocenters. The SMILES string of the molecule is Cc1ccnc(N2CCCC2CO)c1C(=N)N. The summed E-state index contributed by atoms with van der Waals surface area (Å²) in [6.07, 6.45) is 3.73. The van der Waals surface area contributed by atoms with Crippen LogP contribution in [-0.4, -0.2) is 35.1 Å². The number of amidine groups is 1. The molecule has 4 N–H and O–H groups in total. The fourth-order valence-corrected chi connectivity index (χ4v) is 2.40. The molecule has 1 fully saturated rings. The van der Waals surface area contributed by atoms with Crippen LogP contribution in [0.5, 0.6) is 0 Å². The number of nitrogen functional groups attached to an aromatic ring is 1. The van der Waals surface area contributed by atoms with Gasteiger partial charge in [0.25, 0.3) is 0 Å². The highest BCUT2D eigenvalue weighted by Crippen LogP contribution is 2.27. The van der Waals surface area contributed by atoms with Gasteiger partial charge in [0.05, 0.1) is 18.2 Å². The van der Waals surface area contributed by atoms with Crippen molar-refractivity contribution in [3.63, 3.8) is 0 Å². The highest BCUT2D eigenvalue weighted by atomic mass is 16.3. The summed E-state index contributed by atoms with van der Waals surface area (Å²) in [7, 11) is 0. The molecule has 0 saturated carbocycles. The number of aryl methyl sites for hydroxylation is 1. The molecule has 0 aliphatic carbocycles. The molecule has 5 heteroatoms. The van der Waals surface area contributed by atoms with E-state index in [2.05, 4.69) is 9.88 Å². The molecule has 1 saturated heterocycles. The molecule has 1 aliphatic heterocycles. The second-order valence-corrected chi connectivity index (χ2v) is 4.41. The van der Waals surface area contributed by atoms with Gasteiger partial charge in [-0.25, -0.2) is 4.98 Å². The summed E-state index contributed by atoms with van der Waals surface area (Å²) in [5, 5.41) is 17.0. The Labute approximate surface area is 101 Å². The molecule has 0 radical (unpaired) electrons. The highest BCUT2D eigenvalue weighted by molar-refractivity contribution is 6.01. The van der Waals surface area contributed by atoms with Crippen molar-refractivity contribution in [2.75, 3.05) is 18.1 Å². The molecule has 92 valence electrons. The molecule has 0 bridgehead atoms. The van der Waals surface area contributed by atoms with E-state index in [0.717, 1.165) is 30.8 Å². The third kappa shape index (κ3) is 2.10. The van der Waals surface area contributed by atoms with Gasteiger partial charge in [0, 0.05) is 12.7 Å². The normalized spacial score (nSPS) is 19.6. The molecular weight excluding hydrogens is 216 g/mol. The summed E-state index contributed by atoms with van der Waals surface area (Å²) in [6, 6.07) is 1.95. The third-order valence-corrected chi connectivity index (χ3v) is 3.27. The maximum atomic E-state index is 9.34. The van der Waals surface area contributed by atoms with E-state index in [0.29, 0.717) is 5.56 Å². The van der Waals surface area contributed by atoms with Crippen molar-refractivity contribution in [3.05, 3.63) is 23.4 Å². The van der Waals surface area contributed by atoms with Gasteiger partial charge in [-0.2, -0.15) is 0 Å².